The first-order valence-corrected chi connectivity index (χ1v) is 17.9. The highest BCUT2D eigenvalue weighted by Crippen LogP contribution is 2.59. The predicted molar refractivity (Wildman–Crippen MR) is 191 cm³/mol. The number of amides is 3. The second kappa shape index (κ2) is 16.4. The number of esters is 1. The molecule has 0 radical (unpaired) electrons. The number of hydrogen-bond donors (Lipinski definition) is 1. The van der Waals surface area contributed by atoms with E-state index in [0.29, 0.717) is 54.8 Å². The number of halogens is 1. The van der Waals surface area contributed by atoms with Gasteiger partial charge in [0.05, 0.1) is 34.7 Å². The van der Waals surface area contributed by atoms with Gasteiger partial charge < -0.3 is 29.3 Å². The fraction of sp³-hybridized carbons (Fsp3) is 0.487. The first-order valence-electron chi connectivity index (χ1n) is 17.5. The first kappa shape index (κ1) is 37.3. The molecule has 2 bridgehead atoms. The number of ether oxygens (including phenoxy) is 2. The van der Waals surface area contributed by atoms with Gasteiger partial charge in [-0.1, -0.05) is 66.2 Å². The molecule has 1 spiro atoms. The third-order valence-electron chi connectivity index (χ3n) is 10.5. The van der Waals surface area contributed by atoms with Gasteiger partial charge in [0.25, 0.3) is 5.91 Å². The van der Waals surface area contributed by atoms with Crippen molar-refractivity contribution in [3.63, 3.8) is 0 Å². The van der Waals surface area contributed by atoms with Crippen LogP contribution < -0.4 is 4.90 Å². The van der Waals surface area contributed by atoms with Crippen LogP contribution in [0.3, 0.4) is 0 Å². The van der Waals surface area contributed by atoms with Crippen LogP contribution in [0.4, 0.5) is 5.69 Å². The number of aliphatic hydroxyl groups excluding tert-OH is 1. The molecule has 10 nitrogen and oxygen atoms in total. The molecule has 0 saturated carbocycles. The van der Waals surface area contributed by atoms with Crippen molar-refractivity contribution in [3.05, 3.63) is 90.5 Å². The number of anilines is 1. The number of allylic oxidation sites excluding steroid dienone is 1. The number of nitrogens with zero attached hydrogens (tertiary/aromatic N) is 3. The highest BCUT2D eigenvalue weighted by molar-refractivity contribution is 6.34. The number of carbonyl (C=O) groups is 4. The number of hydrogen-bond acceptors (Lipinski definition) is 7. The molecule has 268 valence electrons. The van der Waals surface area contributed by atoms with Crippen molar-refractivity contribution in [2.45, 2.75) is 81.8 Å². The van der Waals surface area contributed by atoms with E-state index < -0.39 is 47.7 Å². The third-order valence-corrected chi connectivity index (χ3v) is 10.8. The van der Waals surface area contributed by atoms with Gasteiger partial charge in [0.15, 0.2) is 0 Å². The van der Waals surface area contributed by atoms with Crippen LogP contribution in [0.1, 0.15) is 63.5 Å². The van der Waals surface area contributed by atoms with Gasteiger partial charge in [-0.2, -0.15) is 0 Å². The molecule has 3 saturated heterocycles. The zero-order chi connectivity index (χ0) is 36.0. The Labute approximate surface area is 299 Å². The van der Waals surface area contributed by atoms with Gasteiger partial charge in [-0.05, 0) is 63.1 Å². The summed E-state index contributed by atoms with van der Waals surface area (Å²) in [5.41, 5.74) is -0.0425. The number of benzene rings is 2. The monoisotopic (exact) mass is 705 g/mol. The molecule has 3 aliphatic rings. The molecule has 0 aliphatic carbocycles. The zero-order valence-electron chi connectivity index (χ0n) is 28.9. The van der Waals surface area contributed by atoms with Crippen LogP contribution in [0.5, 0.6) is 0 Å². The number of carbonyl (C=O) groups excluding carboxylic acids is 4. The lowest BCUT2D eigenvalue weighted by Crippen LogP contribution is -2.56. The predicted octanol–water partition coefficient (Wildman–Crippen LogP) is 5.49. The topological polar surface area (TPSA) is 117 Å². The maximum absolute atomic E-state index is 14.7. The Balaban J connectivity index is 1.49. The molecule has 0 unspecified atom stereocenters. The van der Waals surface area contributed by atoms with Crippen molar-refractivity contribution in [3.8, 4) is 0 Å². The van der Waals surface area contributed by atoms with Crippen LogP contribution in [0.15, 0.2) is 79.9 Å². The van der Waals surface area contributed by atoms with E-state index in [1.54, 1.807) is 53.3 Å². The largest absolute Gasteiger partial charge is 0.455 e. The van der Waals surface area contributed by atoms with Gasteiger partial charge >= 0.3 is 5.97 Å². The summed E-state index contributed by atoms with van der Waals surface area (Å²) in [5, 5.41) is 9.76. The Morgan fingerprint density at radius 2 is 1.82 bits per heavy atom. The van der Waals surface area contributed by atoms with E-state index in [1.165, 1.54) is 4.90 Å². The lowest BCUT2D eigenvalue weighted by atomic mass is 9.70. The van der Waals surface area contributed by atoms with Crippen molar-refractivity contribution in [2.75, 3.05) is 31.6 Å². The number of likely N-dealkylation sites (tertiary alicyclic amines) is 1. The van der Waals surface area contributed by atoms with Crippen molar-refractivity contribution in [2.24, 2.45) is 11.8 Å². The van der Waals surface area contributed by atoms with Gasteiger partial charge in [-0.3, -0.25) is 19.2 Å². The quantitative estimate of drug-likeness (QED) is 0.131. The van der Waals surface area contributed by atoms with Gasteiger partial charge in [0, 0.05) is 33.2 Å². The van der Waals surface area contributed by atoms with Crippen molar-refractivity contribution in [1.29, 1.82) is 0 Å². The molecule has 3 fully saturated rings. The molecular weight excluding hydrogens is 658 g/mol. The Morgan fingerprint density at radius 3 is 2.50 bits per heavy atom. The smallest absolute Gasteiger partial charge is 0.313 e. The summed E-state index contributed by atoms with van der Waals surface area (Å²) in [4.78, 5) is 61.4. The van der Waals surface area contributed by atoms with Crippen molar-refractivity contribution in [1.82, 2.24) is 9.80 Å². The highest BCUT2D eigenvalue weighted by atomic mass is 35.5. The molecule has 3 heterocycles. The average molecular weight is 706 g/mol. The lowest BCUT2D eigenvalue weighted by Gasteiger charge is -2.37. The zero-order valence-corrected chi connectivity index (χ0v) is 29.7. The molecule has 3 amide bonds. The average Bonchev–Trinajstić information content (AvgIpc) is 3.77. The maximum atomic E-state index is 14.7. The second-order valence-electron chi connectivity index (χ2n) is 13.4. The minimum atomic E-state index is -1.24. The van der Waals surface area contributed by atoms with E-state index in [9.17, 15) is 24.3 Å². The second-order valence-corrected chi connectivity index (χ2v) is 13.8. The van der Waals surface area contributed by atoms with Gasteiger partial charge in [0.2, 0.25) is 11.8 Å². The molecule has 3 aliphatic heterocycles. The minimum absolute atomic E-state index is 0.0250. The Hall–Kier alpha value is -3.99. The Kier molecular flexibility index (Phi) is 12.2. The van der Waals surface area contributed by atoms with Crippen LogP contribution in [0, 0.1) is 11.8 Å². The lowest BCUT2D eigenvalue weighted by molar-refractivity contribution is -0.164. The Bertz CT molecular complexity index is 1570. The molecule has 7 atom stereocenters. The molecule has 2 aromatic rings. The standard InChI is InChI=1S/C39H48ClN3O7/c1-5-7-20-31(45)41(4)26(3)34(27-16-10-8-11-17-27)49-38(48)32-30-21-22-39(50-30)33(32)36(46)43(24-14-9-15-25-44)35(39)37(47)42(23-6-2)29-19-13-12-18-28(29)40/h5-6,8,10-13,16-19,26,30,32-35,44H,1-2,7,9,14-15,20-25H2,3-4H3/t26-,30+,32-,33-,34+,35+,39-/m1/s1. The Morgan fingerprint density at radius 1 is 1.10 bits per heavy atom. The molecule has 2 aromatic carbocycles. The molecule has 50 heavy (non-hydrogen) atoms. The van der Waals surface area contributed by atoms with Gasteiger partial charge in [-0.25, -0.2) is 0 Å². The van der Waals surface area contributed by atoms with Crippen molar-refractivity contribution >= 4 is 41.0 Å². The van der Waals surface area contributed by atoms with Crippen LogP contribution >= 0.6 is 11.6 Å². The third kappa shape index (κ3) is 7.11. The minimum Gasteiger partial charge on any atom is -0.455 e. The fourth-order valence-corrected chi connectivity index (χ4v) is 8.13. The van der Waals surface area contributed by atoms with Crippen LogP contribution in [-0.4, -0.2) is 89.1 Å². The first-order chi connectivity index (χ1) is 24.1. The summed E-state index contributed by atoms with van der Waals surface area (Å²) in [5.74, 6) is -3.26. The van der Waals surface area contributed by atoms with E-state index >= 15 is 0 Å². The summed E-state index contributed by atoms with van der Waals surface area (Å²) >= 11 is 6.58. The van der Waals surface area contributed by atoms with E-state index in [4.69, 9.17) is 21.1 Å². The van der Waals surface area contributed by atoms with Gasteiger partial charge in [0.1, 0.15) is 17.7 Å². The molecule has 11 heteroatoms. The summed E-state index contributed by atoms with van der Waals surface area (Å²) < 4.78 is 13.0. The molecule has 0 aromatic heterocycles. The normalized spacial score (nSPS) is 24.7. The van der Waals surface area contributed by atoms with Crippen LogP contribution in [0.25, 0.3) is 0 Å². The number of unbranched alkanes of at least 4 members (excludes halogenated alkanes) is 2. The van der Waals surface area contributed by atoms with E-state index in [2.05, 4.69) is 13.2 Å². The highest BCUT2D eigenvalue weighted by Gasteiger charge is 2.75. The molecule has 1 N–H and O–H groups in total. The van der Waals surface area contributed by atoms with Crippen LogP contribution in [-0.2, 0) is 28.7 Å². The maximum Gasteiger partial charge on any atom is 0.313 e. The SMILES string of the molecule is C=CCCC(=O)N(C)[C@H](C)[C@H](OC(=O)[C@@H]1[C@@H]2CC[C@]3(O2)[C@H](C(=O)N(CC=C)c2ccccc2Cl)N(CCCCCO)C(=O)[C@@H]13)c1ccccc1. The summed E-state index contributed by atoms with van der Waals surface area (Å²) in [6, 6.07) is 14.7. The number of aliphatic hydroxyl groups is 1. The molecule has 5 rings (SSSR count). The summed E-state index contributed by atoms with van der Waals surface area (Å²) in [6.45, 7) is 9.84. The van der Waals surface area contributed by atoms with E-state index in [-0.39, 0.29) is 43.8 Å². The van der Waals surface area contributed by atoms with Gasteiger partial charge in [-0.15, -0.1) is 13.2 Å². The van der Waals surface area contributed by atoms with E-state index in [1.807, 2.05) is 37.3 Å². The van der Waals surface area contributed by atoms with Crippen molar-refractivity contribution < 1.29 is 33.8 Å². The van der Waals surface area contributed by atoms with E-state index in [0.717, 1.165) is 0 Å². The summed E-state index contributed by atoms with van der Waals surface area (Å²) in [7, 11) is 1.69. The van der Waals surface area contributed by atoms with Crippen LogP contribution in [0.2, 0.25) is 5.02 Å². The molecular formula is C39H48ClN3O7. The fourth-order valence-electron chi connectivity index (χ4n) is 7.89. The number of para-hydroxylation sites is 1. The number of fused-ring (bicyclic) bond motifs is 1. The number of rotatable bonds is 17. The number of likely N-dealkylation sites (N-methyl/N-ethyl adjacent to an activating group) is 1. The summed E-state index contributed by atoms with van der Waals surface area (Å²) in [6.07, 6.45) is 5.34.